The van der Waals surface area contributed by atoms with Gasteiger partial charge >= 0.3 is 5.97 Å². The molecule has 4 N–H and O–H groups in total. The topological polar surface area (TPSA) is 162 Å². The number of amides is 3. The predicted octanol–water partition coefficient (Wildman–Crippen LogP) is 2.58. The van der Waals surface area contributed by atoms with E-state index < -0.39 is 5.97 Å². The van der Waals surface area contributed by atoms with Gasteiger partial charge in [0, 0.05) is 45.3 Å². The Morgan fingerprint density at radius 2 is 0.854 bits per heavy atom. The largest absolute Gasteiger partial charge is 0.481 e. The molecule has 0 radical (unpaired) electrons. The minimum absolute atomic E-state index is 0.00132. The number of hydrogen-bond donors (Lipinski definition) is 4. The molecular weight excluding hydrogens is 534 g/mol. The molecule has 0 aromatic carbocycles. The molecule has 240 valence electrons. The fourth-order valence-corrected chi connectivity index (χ4v) is 3.61. The summed E-state index contributed by atoms with van der Waals surface area (Å²) in [5, 5.41) is 17.0. The summed E-state index contributed by atoms with van der Waals surface area (Å²) in [4.78, 5) is 45.6. The fraction of sp³-hybridized carbons (Fsp3) is 0.862. The van der Waals surface area contributed by atoms with E-state index in [1.54, 1.807) is 0 Å². The lowest BCUT2D eigenvalue weighted by atomic mass is 10.1. The first kappa shape index (κ1) is 38.7. The molecular formula is C29H55N3O9. The van der Waals surface area contributed by atoms with E-state index in [2.05, 4.69) is 22.9 Å². The smallest absolute Gasteiger partial charge is 0.303 e. The highest BCUT2D eigenvalue weighted by Crippen LogP contribution is 2.09. The second kappa shape index (κ2) is 30.7. The summed E-state index contributed by atoms with van der Waals surface area (Å²) < 4.78 is 21.6. The highest BCUT2D eigenvalue weighted by molar-refractivity contribution is 5.76. The summed E-state index contributed by atoms with van der Waals surface area (Å²) in [7, 11) is 0. The zero-order valence-electron chi connectivity index (χ0n) is 25.2. The quantitative estimate of drug-likeness (QED) is 0.0891. The number of rotatable bonds is 31. The van der Waals surface area contributed by atoms with Crippen molar-refractivity contribution in [2.24, 2.45) is 0 Å². The van der Waals surface area contributed by atoms with Crippen molar-refractivity contribution in [1.29, 1.82) is 0 Å². The molecule has 12 nitrogen and oxygen atoms in total. The minimum atomic E-state index is -0.733. The zero-order chi connectivity index (χ0) is 30.2. The molecule has 41 heavy (non-hydrogen) atoms. The molecule has 3 amide bonds. The standard InChI is InChI=1S/C29H55N3O9/c1-2-3-15-30-27(34)13-18-38-22-25-41-21-17-32-28(35)14-19-39-23-24-40-20-16-31-26(33)11-9-7-5-4-6-8-10-12-29(36)37/h2-25H2,1H3,(H,30,34)(H,31,33)(H,32,35)(H,36,37). The fourth-order valence-electron chi connectivity index (χ4n) is 3.61. The number of hydrogen-bond acceptors (Lipinski definition) is 8. The Morgan fingerprint density at radius 3 is 1.32 bits per heavy atom. The molecule has 0 atom stereocenters. The number of carbonyl (C=O) groups is 4. The van der Waals surface area contributed by atoms with Gasteiger partial charge < -0.3 is 40.0 Å². The molecule has 0 saturated heterocycles. The Hall–Kier alpha value is -2.28. The number of carboxylic acid groups (broad SMARTS) is 1. The molecule has 0 saturated carbocycles. The average molecular weight is 590 g/mol. The van der Waals surface area contributed by atoms with Gasteiger partial charge in [-0.3, -0.25) is 19.2 Å². The molecule has 12 heteroatoms. The van der Waals surface area contributed by atoms with Gasteiger partial charge in [-0.05, 0) is 19.3 Å². The van der Waals surface area contributed by atoms with Crippen molar-refractivity contribution in [1.82, 2.24) is 16.0 Å². The summed E-state index contributed by atoms with van der Waals surface area (Å²) in [6.45, 7) is 6.67. The van der Waals surface area contributed by atoms with Gasteiger partial charge in [0.25, 0.3) is 0 Å². The van der Waals surface area contributed by atoms with Gasteiger partial charge in [-0.2, -0.15) is 0 Å². The molecule has 0 fully saturated rings. The van der Waals surface area contributed by atoms with Gasteiger partial charge in [-0.15, -0.1) is 0 Å². The van der Waals surface area contributed by atoms with E-state index in [1.807, 2.05) is 0 Å². The van der Waals surface area contributed by atoms with Gasteiger partial charge in [-0.25, -0.2) is 0 Å². The van der Waals surface area contributed by atoms with Crippen LogP contribution in [0.2, 0.25) is 0 Å². The summed E-state index contributed by atoms with van der Waals surface area (Å²) in [5.41, 5.74) is 0. The van der Waals surface area contributed by atoms with Gasteiger partial charge in [-0.1, -0.05) is 45.4 Å². The lowest BCUT2D eigenvalue weighted by molar-refractivity contribution is -0.137. The van der Waals surface area contributed by atoms with Crippen LogP contribution >= 0.6 is 0 Å². The maximum Gasteiger partial charge on any atom is 0.303 e. The van der Waals surface area contributed by atoms with Gasteiger partial charge in [0.1, 0.15) is 0 Å². The second-order valence-corrected chi connectivity index (χ2v) is 9.72. The average Bonchev–Trinajstić information content (AvgIpc) is 2.94. The van der Waals surface area contributed by atoms with Crippen molar-refractivity contribution in [2.75, 3.05) is 72.5 Å². The highest BCUT2D eigenvalue weighted by atomic mass is 16.5. The number of carboxylic acids is 1. The molecule has 0 aliphatic carbocycles. The van der Waals surface area contributed by atoms with E-state index in [0.717, 1.165) is 57.8 Å². The first-order valence-corrected chi connectivity index (χ1v) is 15.3. The Labute approximate surface area is 246 Å². The normalized spacial score (nSPS) is 10.9. The summed E-state index contributed by atoms with van der Waals surface area (Å²) in [5.74, 6) is -0.824. The van der Waals surface area contributed by atoms with Gasteiger partial charge in [0.15, 0.2) is 0 Å². The van der Waals surface area contributed by atoms with Crippen molar-refractivity contribution in [3.63, 3.8) is 0 Å². The highest BCUT2D eigenvalue weighted by Gasteiger charge is 2.03. The SMILES string of the molecule is CCCCNC(=O)CCOCCOCCNC(=O)CCOCCOCCNC(=O)CCCCCCCCCC(=O)O. The van der Waals surface area contributed by atoms with E-state index in [9.17, 15) is 19.2 Å². The third-order valence-corrected chi connectivity index (χ3v) is 5.98. The molecule has 0 heterocycles. The Morgan fingerprint density at radius 1 is 0.463 bits per heavy atom. The monoisotopic (exact) mass is 589 g/mol. The predicted molar refractivity (Wildman–Crippen MR) is 156 cm³/mol. The van der Waals surface area contributed by atoms with Crippen LogP contribution in [0.5, 0.6) is 0 Å². The Balaban J connectivity index is 3.30. The zero-order valence-corrected chi connectivity index (χ0v) is 25.2. The Kier molecular flexibility index (Phi) is 29.0. The minimum Gasteiger partial charge on any atom is -0.481 e. The lowest BCUT2D eigenvalue weighted by Crippen LogP contribution is -2.29. The van der Waals surface area contributed by atoms with Crippen LogP contribution in [0.25, 0.3) is 0 Å². The van der Waals surface area contributed by atoms with Crippen LogP contribution in [0, 0.1) is 0 Å². The van der Waals surface area contributed by atoms with Gasteiger partial charge in [0.05, 0.1) is 52.9 Å². The number of nitrogens with one attached hydrogen (secondary N) is 3. The third kappa shape index (κ3) is 32.1. The van der Waals surface area contributed by atoms with E-state index in [0.29, 0.717) is 85.3 Å². The molecule has 0 spiro atoms. The van der Waals surface area contributed by atoms with Crippen molar-refractivity contribution >= 4 is 23.7 Å². The molecule has 0 aliphatic rings. The summed E-state index contributed by atoms with van der Waals surface area (Å²) in [6, 6.07) is 0. The van der Waals surface area contributed by atoms with Crippen LogP contribution in [-0.4, -0.2) is 101 Å². The van der Waals surface area contributed by atoms with Crippen molar-refractivity contribution < 1.29 is 43.2 Å². The van der Waals surface area contributed by atoms with Gasteiger partial charge in [0.2, 0.25) is 17.7 Å². The molecule has 0 unspecified atom stereocenters. The van der Waals surface area contributed by atoms with Crippen LogP contribution in [-0.2, 0) is 38.1 Å². The summed E-state index contributed by atoms with van der Waals surface area (Å²) >= 11 is 0. The molecule has 0 aromatic rings. The van der Waals surface area contributed by atoms with E-state index >= 15 is 0 Å². The number of unbranched alkanes of at least 4 members (excludes halogenated alkanes) is 7. The molecule has 0 bridgehead atoms. The maximum atomic E-state index is 11.8. The van der Waals surface area contributed by atoms with Crippen LogP contribution in [0.3, 0.4) is 0 Å². The number of ether oxygens (including phenoxy) is 4. The lowest BCUT2D eigenvalue weighted by Gasteiger charge is -2.09. The second-order valence-electron chi connectivity index (χ2n) is 9.72. The van der Waals surface area contributed by atoms with Crippen LogP contribution in [0.4, 0.5) is 0 Å². The molecule has 0 rings (SSSR count). The van der Waals surface area contributed by atoms with Crippen LogP contribution in [0.1, 0.15) is 90.4 Å². The van der Waals surface area contributed by atoms with Crippen LogP contribution in [0.15, 0.2) is 0 Å². The van der Waals surface area contributed by atoms with E-state index in [4.69, 9.17) is 24.1 Å². The third-order valence-electron chi connectivity index (χ3n) is 5.98. The van der Waals surface area contributed by atoms with Crippen molar-refractivity contribution in [2.45, 2.75) is 90.4 Å². The Bertz CT molecular complexity index is 665. The first-order valence-electron chi connectivity index (χ1n) is 15.3. The van der Waals surface area contributed by atoms with Crippen molar-refractivity contribution in [3.05, 3.63) is 0 Å². The van der Waals surface area contributed by atoms with Crippen molar-refractivity contribution in [3.8, 4) is 0 Å². The van der Waals surface area contributed by atoms with E-state index in [1.165, 1.54) is 0 Å². The maximum absolute atomic E-state index is 11.8. The molecule has 0 aromatic heterocycles. The number of carbonyl (C=O) groups excluding carboxylic acids is 3. The van der Waals surface area contributed by atoms with E-state index in [-0.39, 0.29) is 30.6 Å². The number of aliphatic carboxylic acids is 1. The van der Waals surface area contributed by atoms with Crippen LogP contribution < -0.4 is 16.0 Å². The molecule has 0 aliphatic heterocycles. The summed E-state index contributed by atoms with van der Waals surface area (Å²) in [6.07, 6.45) is 10.1. The first-order chi connectivity index (χ1) is 20.0.